The van der Waals surface area contributed by atoms with E-state index in [1.54, 1.807) is 0 Å². The molecule has 0 bridgehead atoms. The van der Waals surface area contributed by atoms with Crippen LogP contribution in [0, 0.1) is 0 Å². The van der Waals surface area contributed by atoms with Crippen LogP contribution >= 0.6 is 0 Å². The minimum absolute atomic E-state index is 0.259. The van der Waals surface area contributed by atoms with Gasteiger partial charge in [0.05, 0.1) is 5.69 Å². The Labute approximate surface area is 84.3 Å². The first kappa shape index (κ1) is 9.52. The van der Waals surface area contributed by atoms with Crippen molar-refractivity contribution in [3.05, 3.63) is 11.3 Å². The van der Waals surface area contributed by atoms with Crippen molar-refractivity contribution in [3.63, 3.8) is 0 Å². The maximum absolute atomic E-state index is 6.03. The Kier molecular flexibility index (Phi) is 2.23. The molecule has 1 aromatic rings. The molecule has 78 valence electrons. The Morgan fingerprint density at radius 1 is 1.50 bits per heavy atom. The molecule has 4 heteroatoms. The average Bonchev–Trinajstić information content (AvgIpc) is 2.44. The van der Waals surface area contributed by atoms with Crippen molar-refractivity contribution in [2.24, 2.45) is 5.73 Å². The van der Waals surface area contributed by atoms with Crippen LogP contribution in [0.25, 0.3) is 0 Å². The van der Waals surface area contributed by atoms with E-state index in [9.17, 15) is 0 Å². The number of hydrogen-bond acceptors (Lipinski definition) is 3. The number of hydrogen-bond donors (Lipinski definition) is 2. The zero-order valence-electron chi connectivity index (χ0n) is 8.83. The van der Waals surface area contributed by atoms with Crippen LogP contribution in [-0.2, 0) is 12.8 Å². The number of anilines is 1. The van der Waals surface area contributed by atoms with Crippen molar-refractivity contribution in [2.45, 2.75) is 45.2 Å². The highest BCUT2D eigenvalue weighted by Crippen LogP contribution is 2.27. The second-order valence-corrected chi connectivity index (χ2v) is 4.35. The zero-order chi connectivity index (χ0) is 10.3. The summed E-state index contributed by atoms with van der Waals surface area (Å²) in [7, 11) is 0. The van der Waals surface area contributed by atoms with Gasteiger partial charge in [-0.1, -0.05) is 0 Å². The lowest BCUT2D eigenvalue weighted by Crippen LogP contribution is -2.27. The van der Waals surface area contributed by atoms with E-state index >= 15 is 0 Å². The van der Waals surface area contributed by atoms with E-state index in [4.69, 9.17) is 11.5 Å². The Bertz CT molecular complexity index is 340. The van der Waals surface area contributed by atoms with Gasteiger partial charge in [0.15, 0.2) is 0 Å². The summed E-state index contributed by atoms with van der Waals surface area (Å²) in [6.45, 7) is 4.18. The van der Waals surface area contributed by atoms with E-state index in [0.29, 0.717) is 6.04 Å². The quantitative estimate of drug-likeness (QED) is 0.696. The first-order chi connectivity index (χ1) is 6.59. The van der Waals surface area contributed by atoms with Crippen molar-refractivity contribution >= 4 is 5.82 Å². The van der Waals surface area contributed by atoms with E-state index in [-0.39, 0.29) is 6.04 Å². The van der Waals surface area contributed by atoms with E-state index < -0.39 is 0 Å². The number of nitrogens with zero attached hydrogens (tertiary/aromatic N) is 2. The van der Waals surface area contributed by atoms with Crippen molar-refractivity contribution in [2.75, 3.05) is 5.73 Å². The summed E-state index contributed by atoms with van der Waals surface area (Å²) in [4.78, 5) is 0. The average molecular weight is 194 g/mol. The molecule has 0 radical (unpaired) electrons. The molecule has 1 aromatic heterocycles. The lowest BCUT2D eigenvalue weighted by Gasteiger charge is -2.16. The third kappa shape index (κ3) is 1.39. The van der Waals surface area contributed by atoms with E-state index in [1.165, 1.54) is 5.56 Å². The van der Waals surface area contributed by atoms with E-state index in [0.717, 1.165) is 30.8 Å². The van der Waals surface area contributed by atoms with Gasteiger partial charge in [0.1, 0.15) is 5.82 Å². The summed E-state index contributed by atoms with van der Waals surface area (Å²) in [6, 6.07) is 0.589. The molecule has 2 rings (SSSR count). The SMILES string of the molecule is CC(C)n1nc2c(c1N)CC(N)CC2. The molecule has 0 saturated heterocycles. The largest absolute Gasteiger partial charge is 0.384 e. The van der Waals surface area contributed by atoms with E-state index in [1.807, 2.05) is 4.68 Å². The first-order valence-electron chi connectivity index (χ1n) is 5.21. The van der Waals surface area contributed by atoms with Crippen molar-refractivity contribution in [1.29, 1.82) is 0 Å². The van der Waals surface area contributed by atoms with E-state index in [2.05, 4.69) is 18.9 Å². The Balaban J connectivity index is 2.41. The summed E-state index contributed by atoms with van der Waals surface area (Å²) in [6.07, 6.45) is 2.88. The molecule has 1 aliphatic carbocycles. The van der Waals surface area contributed by atoms with Gasteiger partial charge in [-0.2, -0.15) is 5.10 Å². The molecule has 0 aliphatic heterocycles. The lowest BCUT2D eigenvalue weighted by molar-refractivity contribution is 0.527. The normalized spacial score (nSPS) is 21.3. The maximum atomic E-state index is 6.03. The molecule has 0 saturated carbocycles. The molecule has 0 fully saturated rings. The van der Waals surface area contributed by atoms with Crippen LogP contribution in [0.1, 0.15) is 37.6 Å². The maximum Gasteiger partial charge on any atom is 0.125 e. The Hall–Kier alpha value is -1.03. The minimum Gasteiger partial charge on any atom is -0.384 e. The predicted molar refractivity (Wildman–Crippen MR) is 57.0 cm³/mol. The number of nitrogen functional groups attached to an aromatic ring is 1. The minimum atomic E-state index is 0.259. The van der Waals surface area contributed by atoms with Crippen LogP contribution in [0.4, 0.5) is 5.82 Å². The fourth-order valence-corrected chi connectivity index (χ4v) is 2.03. The van der Waals surface area contributed by atoms with Gasteiger partial charge in [-0.15, -0.1) is 0 Å². The van der Waals surface area contributed by atoms with Gasteiger partial charge < -0.3 is 11.5 Å². The second kappa shape index (κ2) is 3.28. The number of rotatable bonds is 1. The molecule has 0 aromatic carbocycles. The fraction of sp³-hybridized carbons (Fsp3) is 0.700. The molecule has 1 aliphatic rings. The number of fused-ring (bicyclic) bond motifs is 1. The van der Waals surface area contributed by atoms with Gasteiger partial charge in [-0.25, -0.2) is 4.68 Å². The summed E-state index contributed by atoms with van der Waals surface area (Å²) in [5.74, 6) is 0.810. The van der Waals surface area contributed by atoms with Crippen LogP contribution in [0.3, 0.4) is 0 Å². The van der Waals surface area contributed by atoms with Crippen molar-refractivity contribution in [1.82, 2.24) is 9.78 Å². The van der Waals surface area contributed by atoms with Gasteiger partial charge in [-0.3, -0.25) is 0 Å². The lowest BCUT2D eigenvalue weighted by atomic mass is 9.94. The summed E-state index contributed by atoms with van der Waals surface area (Å²) >= 11 is 0. The monoisotopic (exact) mass is 194 g/mol. The number of aryl methyl sites for hydroxylation is 1. The fourth-order valence-electron chi connectivity index (χ4n) is 2.03. The van der Waals surface area contributed by atoms with Gasteiger partial charge in [0.25, 0.3) is 0 Å². The summed E-state index contributed by atoms with van der Waals surface area (Å²) < 4.78 is 1.91. The van der Waals surface area contributed by atoms with Crippen LogP contribution in [0.5, 0.6) is 0 Å². The molecule has 1 heterocycles. The Morgan fingerprint density at radius 2 is 2.21 bits per heavy atom. The van der Waals surface area contributed by atoms with Crippen LogP contribution in [0.2, 0.25) is 0 Å². The third-order valence-electron chi connectivity index (χ3n) is 2.84. The van der Waals surface area contributed by atoms with Gasteiger partial charge >= 0.3 is 0 Å². The summed E-state index contributed by atoms with van der Waals surface area (Å²) in [5.41, 5.74) is 14.3. The molecular formula is C10H18N4. The van der Waals surface area contributed by atoms with Crippen LogP contribution in [-0.4, -0.2) is 15.8 Å². The first-order valence-corrected chi connectivity index (χ1v) is 5.21. The van der Waals surface area contributed by atoms with Crippen molar-refractivity contribution in [3.8, 4) is 0 Å². The third-order valence-corrected chi connectivity index (χ3v) is 2.84. The highest BCUT2D eigenvalue weighted by atomic mass is 15.3. The molecule has 4 N–H and O–H groups in total. The zero-order valence-corrected chi connectivity index (χ0v) is 8.83. The van der Waals surface area contributed by atoms with Crippen molar-refractivity contribution < 1.29 is 0 Å². The standard InChI is InChI=1S/C10H18N4/c1-6(2)14-10(12)8-5-7(11)3-4-9(8)13-14/h6-7H,3-5,11-12H2,1-2H3. The highest BCUT2D eigenvalue weighted by Gasteiger charge is 2.23. The molecular weight excluding hydrogens is 176 g/mol. The molecule has 0 amide bonds. The predicted octanol–water partition coefficient (Wildman–Crippen LogP) is 0.862. The molecule has 1 atom stereocenters. The number of nitrogens with two attached hydrogens (primary N) is 2. The van der Waals surface area contributed by atoms with Gasteiger partial charge in [-0.05, 0) is 33.1 Å². The van der Waals surface area contributed by atoms with Gasteiger partial charge in [0, 0.05) is 17.6 Å². The molecule has 1 unspecified atom stereocenters. The van der Waals surface area contributed by atoms with Gasteiger partial charge in [0.2, 0.25) is 0 Å². The molecule has 4 nitrogen and oxygen atoms in total. The Morgan fingerprint density at radius 3 is 2.86 bits per heavy atom. The summed E-state index contributed by atoms with van der Waals surface area (Å²) in [5, 5.41) is 4.52. The highest BCUT2D eigenvalue weighted by molar-refractivity contribution is 5.45. The molecule has 0 spiro atoms. The van der Waals surface area contributed by atoms with Crippen LogP contribution < -0.4 is 11.5 Å². The second-order valence-electron chi connectivity index (χ2n) is 4.35. The molecule has 14 heavy (non-hydrogen) atoms. The van der Waals surface area contributed by atoms with Crippen LogP contribution in [0.15, 0.2) is 0 Å². The smallest absolute Gasteiger partial charge is 0.125 e. The topological polar surface area (TPSA) is 69.9 Å². The number of aromatic nitrogens is 2.